The number of ether oxygens (including phenoxy) is 2. The zero-order valence-electron chi connectivity index (χ0n) is 17.6. The number of benzene rings is 3. The molecule has 1 heterocycles. The van der Waals surface area contributed by atoms with Crippen molar-refractivity contribution in [1.29, 1.82) is 0 Å². The summed E-state index contributed by atoms with van der Waals surface area (Å²) in [5.41, 5.74) is 1.08. The van der Waals surface area contributed by atoms with Gasteiger partial charge in [-0.1, -0.05) is 55.5 Å². The average molecular weight is 405 g/mol. The quantitative estimate of drug-likeness (QED) is 0.612. The summed E-state index contributed by atoms with van der Waals surface area (Å²) < 4.78 is 11.7. The van der Waals surface area contributed by atoms with Gasteiger partial charge in [-0.05, 0) is 30.0 Å². The molecule has 156 valence electrons. The monoisotopic (exact) mass is 404 g/mol. The van der Waals surface area contributed by atoms with Crippen molar-refractivity contribution in [2.24, 2.45) is 0 Å². The Morgan fingerprint density at radius 3 is 2.33 bits per heavy atom. The number of methoxy groups -OCH3 is 1. The van der Waals surface area contributed by atoms with Gasteiger partial charge in [-0.2, -0.15) is 0 Å². The van der Waals surface area contributed by atoms with E-state index in [1.54, 1.807) is 7.11 Å². The minimum Gasteiger partial charge on any atom is -0.495 e. The summed E-state index contributed by atoms with van der Waals surface area (Å²) in [6.07, 6.45) is 0.156. The van der Waals surface area contributed by atoms with Crippen LogP contribution in [-0.4, -0.2) is 50.2 Å². The number of carbonyl (C=O) groups excluding carboxylic acids is 1. The van der Waals surface area contributed by atoms with Crippen molar-refractivity contribution in [1.82, 2.24) is 4.90 Å². The van der Waals surface area contributed by atoms with Gasteiger partial charge in [-0.3, -0.25) is 4.79 Å². The molecule has 5 nitrogen and oxygen atoms in total. The summed E-state index contributed by atoms with van der Waals surface area (Å²) in [6.45, 7) is 4.89. The highest BCUT2D eigenvalue weighted by atomic mass is 16.5. The number of para-hydroxylation sites is 2. The molecular weight excluding hydrogens is 376 g/mol. The Kier molecular flexibility index (Phi) is 6.07. The molecule has 0 radical (unpaired) electrons. The summed E-state index contributed by atoms with van der Waals surface area (Å²) in [5, 5.41) is 2.15. The van der Waals surface area contributed by atoms with E-state index >= 15 is 0 Å². The van der Waals surface area contributed by atoms with Gasteiger partial charge < -0.3 is 19.3 Å². The summed E-state index contributed by atoms with van der Waals surface area (Å²) in [6, 6.07) is 22.1. The molecule has 3 aromatic rings. The molecular formula is C25H28N2O3. The molecule has 1 aliphatic rings. The Hall–Kier alpha value is -3.21. The van der Waals surface area contributed by atoms with Gasteiger partial charge in [0, 0.05) is 31.6 Å². The molecule has 4 rings (SSSR count). The summed E-state index contributed by atoms with van der Waals surface area (Å²) in [5.74, 6) is 1.69. The standard InChI is InChI=1S/C25H28N2O3/c1-3-22(30-23-14-8-10-19-9-4-5-11-20(19)23)25(28)27-17-15-26(16-18-27)21-12-6-7-13-24(21)29-2/h4-14,22H,3,15-18H2,1-2H3. The summed E-state index contributed by atoms with van der Waals surface area (Å²) in [4.78, 5) is 17.4. The van der Waals surface area contributed by atoms with E-state index in [4.69, 9.17) is 9.47 Å². The molecule has 0 saturated carbocycles. The average Bonchev–Trinajstić information content (AvgIpc) is 2.82. The lowest BCUT2D eigenvalue weighted by Gasteiger charge is -2.37. The Balaban J connectivity index is 1.43. The lowest BCUT2D eigenvalue weighted by atomic mass is 10.1. The number of rotatable bonds is 6. The number of fused-ring (bicyclic) bond motifs is 1. The molecule has 3 aromatic carbocycles. The SMILES string of the molecule is CCC(Oc1cccc2ccccc12)C(=O)N1CCN(c2ccccc2OC)CC1. The van der Waals surface area contributed by atoms with E-state index in [0.29, 0.717) is 19.5 Å². The number of anilines is 1. The van der Waals surface area contributed by atoms with Crippen LogP contribution in [0.2, 0.25) is 0 Å². The van der Waals surface area contributed by atoms with E-state index in [0.717, 1.165) is 41.0 Å². The fourth-order valence-electron chi connectivity index (χ4n) is 4.02. The molecule has 0 N–H and O–H groups in total. The zero-order chi connectivity index (χ0) is 20.9. The van der Waals surface area contributed by atoms with Gasteiger partial charge in [0.2, 0.25) is 0 Å². The Morgan fingerprint density at radius 2 is 1.57 bits per heavy atom. The van der Waals surface area contributed by atoms with Crippen LogP contribution in [0.15, 0.2) is 66.7 Å². The van der Waals surface area contributed by atoms with E-state index in [1.165, 1.54) is 0 Å². The molecule has 0 spiro atoms. The molecule has 1 unspecified atom stereocenters. The number of hydrogen-bond acceptors (Lipinski definition) is 4. The second-order valence-corrected chi connectivity index (χ2v) is 7.48. The fourth-order valence-corrected chi connectivity index (χ4v) is 4.02. The van der Waals surface area contributed by atoms with Crippen LogP contribution in [0.5, 0.6) is 11.5 Å². The molecule has 0 bridgehead atoms. The minimum absolute atomic E-state index is 0.0603. The highest BCUT2D eigenvalue weighted by molar-refractivity contribution is 5.89. The van der Waals surface area contributed by atoms with Crippen LogP contribution in [0, 0.1) is 0 Å². The lowest BCUT2D eigenvalue weighted by Crippen LogP contribution is -2.52. The Morgan fingerprint density at radius 1 is 0.900 bits per heavy atom. The van der Waals surface area contributed by atoms with Crippen LogP contribution in [0.4, 0.5) is 5.69 Å². The maximum Gasteiger partial charge on any atom is 0.263 e. The summed E-state index contributed by atoms with van der Waals surface area (Å²) in [7, 11) is 1.69. The first kappa shape index (κ1) is 20.1. The summed E-state index contributed by atoms with van der Waals surface area (Å²) >= 11 is 0. The van der Waals surface area contributed by atoms with Gasteiger partial charge in [0.05, 0.1) is 12.8 Å². The van der Waals surface area contributed by atoms with Crippen LogP contribution >= 0.6 is 0 Å². The van der Waals surface area contributed by atoms with E-state index in [1.807, 2.05) is 60.4 Å². The predicted octanol–water partition coefficient (Wildman–Crippen LogP) is 4.35. The van der Waals surface area contributed by atoms with Crippen molar-refractivity contribution in [2.75, 3.05) is 38.2 Å². The molecule has 5 heteroatoms. The van der Waals surface area contributed by atoms with Gasteiger partial charge in [0.25, 0.3) is 5.91 Å². The maximum atomic E-state index is 13.2. The third kappa shape index (κ3) is 4.06. The fraction of sp³-hybridized carbons (Fsp3) is 0.320. The minimum atomic E-state index is -0.478. The second-order valence-electron chi connectivity index (χ2n) is 7.48. The maximum absolute atomic E-state index is 13.2. The van der Waals surface area contributed by atoms with Gasteiger partial charge >= 0.3 is 0 Å². The topological polar surface area (TPSA) is 42.0 Å². The van der Waals surface area contributed by atoms with E-state index < -0.39 is 6.10 Å². The first-order valence-corrected chi connectivity index (χ1v) is 10.5. The lowest BCUT2D eigenvalue weighted by molar-refractivity contribution is -0.139. The molecule has 1 amide bonds. The highest BCUT2D eigenvalue weighted by Gasteiger charge is 2.29. The van der Waals surface area contributed by atoms with Gasteiger partial charge in [0.1, 0.15) is 11.5 Å². The van der Waals surface area contributed by atoms with Crippen molar-refractivity contribution < 1.29 is 14.3 Å². The largest absolute Gasteiger partial charge is 0.495 e. The van der Waals surface area contributed by atoms with Crippen LogP contribution < -0.4 is 14.4 Å². The van der Waals surface area contributed by atoms with Crippen LogP contribution in [0.25, 0.3) is 10.8 Å². The molecule has 1 aliphatic heterocycles. The van der Waals surface area contributed by atoms with E-state index in [9.17, 15) is 4.79 Å². The Labute approximate surface area is 177 Å². The van der Waals surface area contributed by atoms with Crippen molar-refractivity contribution in [3.63, 3.8) is 0 Å². The molecule has 0 aromatic heterocycles. The number of nitrogens with zero attached hydrogens (tertiary/aromatic N) is 2. The first-order chi connectivity index (χ1) is 14.7. The zero-order valence-corrected chi connectivity index (χ0v) is 17.6. The van der Waals surface area contributed by atoms with Crippen molar-refractivity contribution >= 4 is 22.4 Å². The van der Waals surface area contributed by atoms with Crippen LogP contribution in [-0.2, 0) is 4.79 Å². The molecule has 0 aliphatic carbocycles. The van der Waals surface area contributed by atoms with Crippen molar-refractivity contribution in [2.45, 2.75) is 19.4 Å². The van der Waals surface area contributed by atoms with Crippen LogP contribution in [0.1, 0.15) is 13.3 Å². The highest BCUT2D eigenvalue weighted by Crippen LogP contribution is 2.29. The van der Waals surface area contributed by atoms with Gasteiger partial charge in [-0.15, -0.1) is 0 Å². The van der Waals surface area contributed by atoms with Crippen molar-refractivity contribution in [3.05, 3.63) is 66.7 Å². The third-order valence-electron chi connectivity index (χ3n) is 5.68. The number of carbonyl (C=O) groups is 1. The van der Waals surface area contributed by atoms with Gasteiger partial charge in [-0.25, -0.2) is 0 Å². The number of hydrogen-bond donors (Lipinski definition) is 0. The molecule has 1 saturated heterocycles. The number of piperazine rings is 1. The molecule has 1 fully saturated rings. The smallest absolute Gasteiger partial charge is 0.263 e. The van der Waals surface area contributed by atoms with Gasteiger partial charge in [0.15, 0.2) is 6.10 Å². The van der Waals surface area contributed by atoms with Crippen LogP contribution in [0.3, 0.4) is 0 Å². The first-order valence-electron chi connectivity index (χ1n) is 10.5. The van der Waals surface area contributed by atoms with E-state index in [-0.39, 0.29) is 5.91 Å². The van der Waals surface area contributed by atoms with E-state index in [2.05, 4.69) is 23.1 Å². The third-order valence-corrected chi connectivity index (χ3v) is 5.68. The molecule has 1 atom stereocenters. The normalized spacial score (nSPS) is 15.1. The second kappa shape index (κ2) is 9.08. The van der Waals surface area contributed by atoms with Crippen molar-refractivity contribution in [3.8, 4) is 11.5 Å². The number of amides is 1. The predicted molar refractivity (Wildman–Crippen MR) is 120 cm³/mol. The Bertz CT molecular complexity index is 1010. The molecule has 30 heavy (non-hydrogen) atoms.